The van der Waals surface area contributed by atoms with Gasteiger partial charge in [0.1, 0.15) is 5.75 Å². The lowest BCUT2D eigenvalue weighted by Crippen LogP contribution is -2.30. The third-order valence-corrected chi connectivity index (χ3v) is 4.35. The maximum absolute atomic E-state index is 12.5. The average Bonchev–Trinajstić information content (AvgIpc) is 2.61. The number of benzene rings is 2. The number of carboxylic acids is 1. The summed E-state index contributed by atoms with van der Waals surface area (Å²) in [5, 5.41) is 12.0. The molecule has 2 aromatic rings. The summed E-state index contributed by atoms with van der Waals surface area (Å²) in [6.45, 7) is 2.38. The van der Waals surface area contributed by atoms with Gasteiger partial charge >= 0.3 is 5.97 Å². The number of hydrogen-bond acceptors (Lipinski definition) is 4. The minimum atomic E-state index is -0.970. The van der Waals surface area contributed by atoms with Crippen molar-refractivity contribution in [1.29, 1.82) is 0 Å². The molecule has 1 atom stereocenters. The van der Waals surface area contributed by atoms with E-state index in [9.17, 15) is 9.59 Å². The summed E-state index contributed by atoms with van der Waals surface area (Å²) in [6.07, 6.45) is 1.78. The van der Waals surface area contributed by atoms with E-state index in [1.165, 1.54) is 0 Å². The Labute approximate surface area is 151 Å². The highest BCUT2D eigenvalue weighted by Gasteiger charge is 2.19. The van der Waals surface area contributed by atoms with E-state index >= 15 is 0 Å². The predicted octanol–water partition coefficient (Wildman–Crippen LogP) is 3.75. The zero-order valence-corrected chi connectivity index (χ0v) is 15.0. The number of aliphatic carboxylic acids is 1. The van der Waals surface area contributed by atoms with E-state index < -0.39 is 12.0 Å². The number of amides is 1. The molecule has 0 aliphatic rings. The maximum Gasteiger partial charge on any atom is 0.305 e. The van der Waals surface area contributed by atoms with Crippen LogP contribution in [-0.4, -0.2) is 29.8 Å². The van der Waals surface area contributed by atoms with Crippen LogP contribution in [0.25, 0.3) is 0 Å². The number of carboxylic acid groups (broad SMARTS) is 1. The molecule has 2 rings (SSSR count). The van der Waals surface area contributed by atoms with E-state index in [4.69, 9.17) is 9.84 Å². The van der Waals surface area contributed by atoms with Gasteiger partial charge in [-0.05, 0) is 49.1 Å². The van der Waals surface area contributed by atoms with Crippen LogP contribution in [-0.2, 0) is 4.79 Å². The molecule has 132 valence electrons. The Kier molecular flexibility index (Phi) is 6.89. The van der Waals surface area contributed by atoms with Gasteiger partial charge in [-0.25, -0.2) is 0 Å². The van der Waals surface area contributed by atoms with Crippen LogP contribution in [0.1, 0.15) is 35.3 Å². The minimum Gasteiger partial charge on any atom is -0.494 e. The smallest absolute Gasteiger partial charge is 0.305 e. The van der Waals surface area contributed by atoms with Crippen LogP contribution in [0.3, 0.4) is 0 Å². The molecule has 0 saturated heterocycles. The molecule has 1 unspecified atom stereocenters. The Morgan fingerprint density at radius 2 is 1.92 bits per heavy atom. The molecule has 0 radical (unpaired) electrons. The van der Waals surface area contributed by atoms with Crippen LogP contribution in [0.15, 0.2) is 53.4 Å². The third-order valence-electron chi connectivity index (χ3n) is 3.61. The normalized spacial score (nSPS) is 11.6. The summed E-state index contributed by atoms with van der Waals surface area (Å²) >= 11 is 1.60. The fourth-order valence-electron chi connectivity index (χ4n) is 2.40. The molecule has 0 fully saturated rings. The van der Waals surface area contributed by atoms with Crippen LogP contribution in [0, 0.1) is 0 Å². The highest BCUT2D eigenvalue weighted by atomic mass is 32.2. The number of carbonyl (C=O) groups is 2. The van der Waals surface area contributed by atoms with E-state index in [-0.39, 0.29) is 12.3 Å². The van der Waals surface area contributed by atoms with Gasteiger partial charge in [0, 0.05) is 10.5 Å². The molecule has 2 N–H and O–H groups in total. The first-order valence-electron chi connectivity index (χ1n) is 7.93. The highest BCUT2D eigenvalue weighted by Crippen LogP contribution is 2.22. The molecule has 0 aliphatic carbocycles. The Bertz CT molecular complexity index is 730. The zero-order chi connectivity index (χ0) is 18.2. The molecule has 1 amide bonds. The number of ether oxygens (including phenoxy) is 1. The number of thioether (sulfide) groups is 1. The monoisotopic (exact) mass is 359 g/mol. The van der Waals surface area contributed by atoms with E-state index in [1.807, 2.05) is 37.4 Å². The van der Waals surface area contributed by atoms with Crippen molar-refractivity contribution in [2.75, 3.05) is 12.9 Å². The first-order valence-corrected chi connectivity index (χ1v) is 9.15. The van der Waals surface area contributed by atoms with E-state index in [2.05, 4.69) is 5.32 Å². The Hall–Kier alpha value is -2.47. The van der Waals surface area contributed by atoms with Gasteiger partial charge in [-0.15, -0.1) is 11.8 Å². The van der Waals surface area contributed by atoms with Gasteiger partial charge < -0.3 is 15.2 Å². The second-order valence-corrected chi connectivity index (χ2v) is 6.24. The molecule has 0 aromatic heterocycles. The van der Waals surface area contributed by atoms with Crippen molar-refractivity contribution < 1.29 is 19.4 Å². The van der Waals surface area contributed by atoms with Crippen LogP contribution in [0.4, 0.5) is 0 Å². The fourth-order valence-corrected chi connectivity index (χ4v) is 2.81. The minimum absolute atomic E-state index is 0.185. The molecule has 0 bridgehead atoms. The van der Waals surface area contributed by atoms with E-state index in [0.717, 1.165) is 10.5 Å². The second-order valence-electron chi connectivity index (χ2n) is 5.36. The van der Waals surface area contributed by atoms with Crippen LogP contribution >= 0.6 is 11.8 Å². The van der Waals surface area contributed by atoms with Crippen LogP contribution in [0.2, 0.25) is 0 Å². The van der Waals surface area contributed by atoms with Crippen molar-refractivity contribution >= 4 is 23.6 Å². The number of rotatable bonds is 8. The molecule has 2 aromatic carbocycles. The van der Waals surface area contributed by atoms with Crippen molar-refractivity contribution in [2.24, 2.45) is 0 Å². The van der Waals surface area contributed by atoms with Gasteiger partial charge in [-0.2, -0.15) is 0 Å². The maximum atomic E-state index is 12.5. The van der Waals surface area contributed by atoms with Crippen molar-refractivity contribution in [3.63, 3.8) is 0 Å². The Morgan fingerprint density at radius 1 is 1.20 bits per heavy atom. The SMILES string of the molecule is CCOc1cccc(C(=O)NC(CC(=O)O)c2ccc(SC)cc2)c1. The average molecular weight is 359 g/mol. The van der Waals surface area contributed by atoms with Crippen molar-refractivity contribution in [3.8, 4) is 5.75 Å². The van der Waals surface area contributed by atoms with Crippen LogP contribution in [0.5, 0.6) is 5.75 Å². The van der Waals surface area contributed by atoms with E-state index in [1.54, 1.807) is 36.0 Å². The summed E-state index contributed by atoms with van der Waals surface area (Å²) in [5.74, 6) is -0.696. The van der Waals surface area contributed by atoms with Crippen molar-refractivity contribution in [1.82, 2.24) is 5.32 Å². The Morgan fingerprint density at radius 3 is 2.52 bits per heavy atom. The van der Waals surface area contributed by atoms with Crippen molar-refractivity contribution in [3.05, 3.63) is 59.7 Å². The Balaban J connectivity index is 2.19. The number of carbonyl (C=O) groups excluding carboxylic acids is 1. The lowest BCUT2D eigenvalue weighted by atomic mass is 10.0. The molecule has 0 aliphatic heterocycles. The summed E-state index contributed by atoms with van der Waals surface area (Å²) in [4.78, 5) is 24.8. The summed E-state index contributed by atoms with van der Waals surface area (Å²) in [5.41, 5.74) is 1.19. The topological polar surface area (TPSA) is 75.6 Å². The third kappa shape index (κ3) is 5.53. The zero-order valence-electron chi connectivity index (χ0n) is 14.2. The standard InChI is InChI=1S/C19H21NO4S/c1-3-24-15-6-4-5-14(11-15)19(23)20-17(12-18(21)22)13-7-9-16(25-2)10-8-13/h4-11,17H,3,12H2,1-2H3,(H,20,23)(H,21,22). The lowest BCUT2D eigenvalue weighted by molar-refractivity contribution is -0.137. The van der Waals surface area contributed by atoms with Gasteiger partial charge in [-0.1, -0.05) is 18.2 Å². The molecule has 5 nitrogen and oxygen atoms in total. The molecule has 6 heteroatoms. The number of nitrogens with one attached hydrogen (secondary N) is 1. The van der Waals surface area contributed by atoms with Crippen LogP contribution < -0.4 is 10.1 Å². The quantitative estimate of drug-likeness (QED) is 0.702. The summed E-state index contributed by atoms with van der Waals surface area (Å²) in [7, 11) is 0. The lowest BCUT2D eigenvalue weighted by Gasteiger charge is -2.18. The largest absolute Gasteiger partial charge is 0.494 e. The highest BCUT2D eigenvalue weighted by molar-refractivity contribution is 7.98. The van der Waals surface area contributed by atoms with Gasteiger partial charge in [0.05, 0.1) is 19.1 Å². The van der Waals surface area contributed by atoms with Gasteiger partial charge in [0.15, 0.2) is 0 Å². The first-order chi connectivity index (χ1) is 12.0. The van der Waals surface area contributed by atoms with Gasteiger partial charge in [-0.3, -0.25) is 9.59 Å². The van der Waals surface area contributed by atoms with Gasteiger partial charge in [0.2, 0.25) is 0 Å². The van der Waals surface area contributed by atoms with E-state index in [0.29, 0.717) is 17.9 Å². The second kappa shape index (κ2) is 9.13. The first kappa shape index (κ1) is 18.9. The predicted molar refractivity (Wildman–Crippen MR) is 98.3 cm³/mol. The fraction of sp³-hybridized carbons (Fsp3) is 0.263. The van der Waals surface area contributed by atoms with Crippen molar-refractivity contribution in [2.45, 2.75) is 24.3 Å². The van der Waals surface area contributed by atoms with Gasteiger partial charge in [0.25, 0.3) is 5.91 Å². The molecular weight excluding hydrogens is 338 g/mol. The molecular formula is C19H21NO4S. The summed E-state index contributed by atoms with van der Waals surface area (Å²) in [6, 6.07) is 13.7. The summed E-state index contributed by atoms with van der Waals surface area (Å²) < 4.78 is 5.40. The molecule has 25 heavy (non-hydrogen) atoms. The molecule has 0 saturated carbocycles. The molecule has 0 spiro atoms. The molecule has 0 heterocycles. The number of hydrogen-bond donors (Lipinski definition) is 2.